The predicted molar refractivity (Wildman–Crippen MR) is 96.0 cm³/mol. The fourth-order valence-electron chi connectivity index (χ4n) is 4.16. The van der Waals surface area contributed by atoms with Gasteiger partial charge in [-0.2, -0.15) is 0 Å². The van der Waals surface area contributed by atoms with E-state index in [1.54, 1.807) is 0 Å². The number of nitrogens with zero attached hydrogens (tertiary/aromatic N) is 3. The number of benzene rings is 1. The molecule has 0 amide bonds. The standard InChI is InChI=1S/C19H24ClN3/c1-14-16-7-2-3-8-17(16)21-18(19(14)20)13-22-9-5-11-23-10-4-6-15(23)12-22/h2-3,7-8,15H,4-6,9-13H2,1H3. The number of rotatable bonds is 2. The first kappa shape index (κ1) is 15.4. The van der Waals surface area contributed by atoms with Crippen LogP contribution in [0.4, 0.5) is 0 Å². The van der Waals surface area contributed by atoms with Crippen LogP contribution in [0.25, 0.3) is 10.9 Å². The van der Waals surface area contributed by atoms with Crippen LogP contribution in [0.3, 0.4) is 0 Å². The first-order chi connectivity index (χ1) is 11.2. The van der Waals surface area contributed by atoms with Crippen molar-refractivity contribution < 1.29 is 0 Å². The van der Waals surface area contributed by atoms with Crippen LogP contribution < -0.4 is 0 Å². The number of aromatic nitrogens is 1. The van der Waals surface area contributed by atoms with Gasteiger partial charge in [-0.3, -0.25) is 9.80 Å². The third-order valence-electron chi connectivity index (χ3n) is 5.41. The van der Waals surface area contributed by atoms with Crippen LogP contribution in [0, 0.1) is 6.92 Å². The highest BCUT2D eigenvalue weighted by Gasteiger charge is 2.29. The number of aryl methyl sites for hydroxylation is 1. The molecule has 0 radical (unpaired) electrons. The minimum absolute atomic E-state index is 0.734. The Bertz CT molecular complexity index is 715. The maximum atomic E-state index is 6.64. The van der Waals surface area contributed by atoms with Crippen molar-refractivity contribution >= 4 is 22.5 Å². The van der Waals surface area contributed by atoms with Crippen LogP contribution >= 0.6 is 11.6 Å². The molecular formula is C19H24ClN3. The van der Waals surface area contributed by atoms with Gasteiger partial charge in [0.05, 0.1) is 16.2 Å². The summed E-state index contributed by atoms with van der Waals surface area (Å²) in [5.41, 5.74) is 3.25. The van der Waals surface area contributed by atoms with Crippen molar-refractivity contribution in [2.45, 2.75) is 38.8 Å². The van der Waals surface area contributed by atoms with E-state index in [1.165, 1.54) is 37.7 Å². The normalized spacial score (nSPS) is 23.1. The molecule has 0 spiro atoms. The fraction of sp³-hybridized carbons (Fsp3) is 0.526. The number of pyridine rings is 1. The van der Waals surface area contributed by atoms with E-state index in [-0.39, 0.29) is 0 Å². The van der Waals surface area contributed by atoms with Crippen molar-refractivity contribution in [1.29, 1.82) is 0 Å². The van der Waals surface area contributed by atoms with Crippen molar-refractivity contribution in [3.05, 3.63) is 40.5 Å². The zero-order valence-corrected chi connectivity index (χ0v) is 14.5. The summed E-state index contributed by atoms with van der Waals surface area (Å²) in [6.45, 7) is 7.82. The summed E-state index contributed by atoms with van der Waals surface area (Å²) in [5.74, 6) is 0. The van der Waals surface area contributed by atoms with Crippen molar-refractivity contribution in [2.75, 3.05) is 26.2 Å². The first-order valence-electron chi connectivity index (χ1n) is 8.72. The van der Waals surface area contributed by atoms with Crippen LogP contribution in [0.2, 0.25) is 5.02 Å². The van der Waals surface area contributed by atoms with E-state index in [9.17, 15) is 0 Å². The van der Waals surface area contributed by atoms with Crippen LogP contribution in [0.15, 0.2) is 24.3 Å². The van der Waals surface area contributed by atoms with Gasteiger partial charge >= 0.3 is 0 Å². The van der Waals surface area contributed by atoms with Gasteiger partial charge in [0, 0.05) is 24.5 Å². The van der Waals surface area contributed by atoms with Gasteiger partial charge in [0.15, 0.2) is 0 Å². The Kier molecular flexibility index (Phi) is 4.27. The monoisotopic (exact) mass is 329 g/mol. The summed E-state index contributed by atoms with van der Waals surface area (Å²) in [6, 6.07) is 9.03. The van der Waals surface area contributed by atoms with Gasteiger partial charge in [0.1, 0.15) is 0 Å². The van der Waals surface area contributed by atoms with Crippen molar-refractivity contribution in [1.82, 2.24) is 14.8 Å². The third kappa shape index (κ3) is 2.98. The summed E-state index contributed by atoms with van der Waals surface area (Å²) in [6.07, 6.45) is 3.95. The summed E-state index contributed by atoms with van der Waals surface area (Å²) < 4.78 is 0. The first-order valence-corrected chi connectivity index (χ1v) is 9.10. The maximum absolute atomic E-state index is 6.64. The Morgan fingerprint density at radius 2 is 2.00 bits per heavy atom. The Labute approximate surface area is 143 Å². The van der Waals surface area contributed by atoms with Crippen LogP contribution in [0.5, 0.6) is 0 Å². The number of hydrogen-bond acceptors (Lipinski definition) is 3. The molecule has 0 bridgehead atoms. The molecule has 2 aliphatic heterocycles. The van der Waals surface area contributed by atoms with Gasteiger partial charge in [0.2, 0.25) is 0 Å². The largest absolute Gasteiger partial charge is 0.299 e. The van der Waals surface area contributed by atoms with E-state index in [2.05, 4.69) is 41.0 Å². The molecule has 1 atom stereocenters. The third-order valence-corrected chi connectivity index (χ3v) is 5.91. The Morgan fingerprint density at radius 3 is 2.91 bits per heavy atom. The van der Waals surface area contributed by atoms with Gasteiger partial charge in [0.25, 0.3) is 0 Å². The number of fused-ring (bicyclic) bond motifs is 2. The van der Waals surface area contributed by atoms with E-state index >= 15 is 0 Å². The lowest BCUT2D eigenvalue weighted by Gasteiger charge is -2.25. The molecule has 122 valence electrons. The van der Waals surface area contributed by atoms with E-state index in [4.69, 9.17) is 16.6 Å². The quantitative estimate of drug-likeness (QED) is 0.834. The molecule has 23 heavy (non-hydrogen) atoms. The van der Waals surface area contributed by atoms with Crippen LogP contribution in [0.1, 0.15) is 30.5 Å². The molecule has 1 aromatic carbocycles. The lowest BCUT2D eigenvalue weighted by molar-refractivity contribution is 0.214. The zero-order chi connectivity index (χ0) is 15.8. The zero-order valence-electron chi connectivity index (χ0n) is 13.8. The minimum Gasteiger partial charge on any atom is -0.299 e. The van der Waals surface area contributed by atoms with E-state index < -0.39 is 0 Å². The SMILES string of the molecule is Cc1c(Cl)c(CN2CCCN3CCCC3C2)nc2ccccc12. The highest BCUT2D eigenvalue weighted by atomic mass is 35.5. The van der Waals surface area contributed by atoms with Gasteiger partial charge in [-0.25, -0.2) is 4.98 Å². The molecule has 0 aliphatic carbocycles. The molecule has 4 rings (SSSR count). The predicted octanol–water partition coefficient (Wildman–Crippen LogP) is 3.87. The molecule has 0 saturated carbocycles. The summed E-state index contributed by atoms with van der Waals surface area (Å²) in [7, 11) is 0. The lowest BCUT2D eigenvalue weighted by atomic mass is 10.1. The number of hydrogen-bond donors (Lipinski definition) is 0. The average Bonchev–Trinajstić information content (AvgIpc) is 2.91. The molecule has 4 heteroatoms. The van der Waals surface area contributed by atoms with Crippen LogP contribution in [-0.4, -0.2) is 47.0 Å². The highest BCUT2D eigenvalue weighted by molar-refractivity contribution is 6.32. The number of halogens is 1. The van der Waals surface area contributed by atoms with Crippen LogP contribution in [-0.2, 0) is 6.54 Å². The molecule has 3 heterocycles. The van der Waals surface area contributed by atoms with Gasteiger partial charge < -0.3 is 0 Å². The fourth-order valence-corrected chi connectivity index (χ4v) is 4.36. The molecule has 2 aromatic rings. The molecule has 2 fully saturated rings. The lowest BCUT2D eigenvalue weighted by Crippen LogP contribution is -2.36. The van der Waals surface area contributed by atoms with E-state index in [0.717, 1.165) is 47.5 Å². The summed E-state index contributed by atoms with van der Waals surface area (Å²) in [5, 5.41) is 2.01. The Balaban J connectivity index is 1.60. The van der Waals surface area contributed by atoms with E-state index in [1.807, 2.05) is 0 Å². The van der Waals surface area contributed by atoms with Crippen molar-refractivity contribution in [3.8, 4) is 0 Å². The second-order valence-electron chi connectivity index (χ2n) is 6.94. The summed E-state index contributed by atoms with van der Waals surface area (Å²) >= 11 is 6.64. The van der Waals surface area contributed by atoms with E-state index in [0.29, 0.717) is 0 Å². The Morgan fingerprint density at radius 1 is 1.17 bits per heavy atom. The highest BCUT2D eigenvalue weighted by Crippen LogP contribution is 2.29. The van der Waals surface area contributed by atoms with Gasteiger partial charge in [-0.05, 0) is 57.5 Å². The molecule has 3 nitrogen and oxygen atoms in total. The van der Waals surface area contributed by atoms with Crippen molar-refractivity contribution in [2.24, 2.45) is 0 Å². The molecule has 1 unspecified atom stereocenters. The average molecular weight is 330 g/mol. The Hall–Kier alpha value is -1.16. The molecule has 2 saturated heterocycles. The topological polar surface area (TPSA) is 19.4 Å². The smallest absolute Gasteiger partial charge is 0.0740 e. The summed E-state index contributed by atoms with van der Waals surface area (Å²) in [4.78, 5) is 10.1. The molecule has 0 N–H and O–H groups in total. The van der Waals surface area contributed by atoms with Crippen molar-refractivity contribution in [3.63, 3.8) is 0 Å². The van der Waals surface area contributed by atoms with Gasteiger partial charge in [-0.15, -0.1) is 0 Å². The maximum Gasteiger partial charge on any atom is 0.0740 e. The second kappa shape index (κ2) is 6.39. The minimum atomic E-state index is 0.734. The molecule has 1 aromatic heterocycles. The molecular weight excluding hydrogens is 306 g/mol. The second-order valence-corrected chi connectivity index (χ2v) is 7.31. The molecule has 2 aliphatic rings. The van der Waals surface area contributed by atoms with Gasteiger partial charge in [-0.1, -0.05) is 29.8 Å². The number of para-hydroxylation sites is 1.